The molecule has 1 amide bonds. The van der Waals surface area contributed by atoms with E-state index < -0.39 is 0 Å². The molecular formula is C17H23N5O2. The van der Waals surface area contributed by atoms with E-state index in [2.05, 4.69) is 14.9 Å². The molecule has 7 nitrogen and oxygen atoms in total. The van der Waals surface area contributed by atoms with Crippen molar-refractivity contribution in [2.24, 2.45) is 12.8 Å². The number of hydrogen-bond donors (Lipinski definition) is 2. The molecule has 3 N–H and O–H groups in total. The highest BCUT2D eigenvalue weighted by Crippen LogP contribution is 2.28. The Morgan fingerprint density at radius 3 is 2.88 bits per heavy atom. The Bertz CT molecular complexity index is 715. The summed E-state index contributed by atoms with van der Waals surface area (Å²) in [6.45, 7) is 2.45. The lowest BCUT2D eigenvalue weighted by molar-refractivity contribution is -0.118. The number of rotatable bonds is 5. The number of aryl methyl sites for hydroxylation is 1. The van der Waals surface area contributed by atoms with Crippen LogP contribution in [0, 0.1) is 0 Å². The van der Waals surface area contributed by atoms with Crippen LogP contribution >= 0.6 is 0 Å². The lowest BCUT2D eigenvalue weighted by atomic mass is 10.0. The maximum Gasteiger partial charge on any atom is 0.217 e. The lowest BCUT2D eigenvalue weighted by Gasteiger charge is -2.43. The average Bonchev–Trinajstić information content (AvgIpc) is 2.99. The number of nitrogens with two attached hydrogens (primary N) is 1. The highest BCUT2D eigenvalue weighted by atomic mass is 16.3. The van der Waals surface area contributed by atoms with Gasteiger partial charge in [-0.05, 0) is 18.6 Å². The van der Waals surface area contributed by atoms with Crippen LogP contribution in [0.1, 0.15) is 12.8 Å². The molecule has 0 aliphatic carbocycles. The summed E-state index contributed by atoms with van der Waals surface area (Å²) in [6.07, 6.45) is 4.88. The number of phenolic OH excluding ortho intramolecular Hbond substituents is 1. The maximum atomic E-state index is 11.2. The molecule has 0 saturated carbocycles. The molecule has 1 aromatic carbocycles. The fourth-order valence-corrected chi connectivity index (χ4v) is 3.23. The normalized spacial score (nSPS) is 18.0. The van der Waals surface area contributed by atoms with Crippen molar-refractivity contribution in [2.75, 3.05) is 29.4 Å². The second-order valence-corrected chi connectivity index (χ2v) is 6.19. The number of carbonyl (C=O) groups is 1. The number of primary amides is 1. The molecular weight excluding hydrogens is 306 g/mol. The Kier molecular flexibility index (Phi) is 4.59. The van der Waals surface area contributed by atoms with E-state index in [9.17, 15) is 9.90 Å². The van der Waals surface area contributed by atoms with Gasteiger partial charge < -0.3 is 20.6 Å². The molecule has 7 heteroatoms. The van der Waals surface area contributed by atoms with Gasteiger partial charge in [-0.3, -0.25) is 9.48 Å². The molecule has 1 unspecified atom stereocenters. The molecule has 0 spiro atoms. The molecule has 1 aliphatic heterocycles. The summed E-state index contributed by atoms with van der Waals surface area (Å²) >= 11 is 0. The minimum atomic E-state index is -0.288. The van der Waals surface area contributed by atoms with Crippen molar-refractivity contribution >= 4 is 17.3 Å². The molecule has 3 rings (SSSR count). The van der Waals surface area contributed by atoms with Gasteiger partial charge in [0.1, 0.15) is 5.75 Å². The smallest absolute Gasteiger partial charge is 0.217 e. The van der Waals surface area contributed by atoms with Crippen molar-refractivity contribution in [1.82, 2.24) is 9.78 Å². The van der Waals surface area contributed by atoms with Crippen LogP contribution in [0.4, 0.5) is 11.4 Å². The van der Waals surface area contributed by atoms with Gasteiger partial charge in [0.15, 0.2) is 0 Å². The quantitative estimate of drug-likeness (QED) is 0.857. The Balaban J connectivity index is 1.79. The summed E-state index contributed by atoms with van der Waals surface area (Å²) < 4.78 is 1.79. The third kappa shape index (κ3) is 3.61. The van der Waals surface area contributed by atoms with Gasteiger partial charge in [0.05, 0.1) is 11.9 Å². The van der Waals surface area contributed by atoms with E-state index in [0.29, 0.717) is 12.8 Å². The Morgan fingerprint density at radius 2 is 2.21 bits per heavy atom. The summed E-state index contributed by atoms with van der Waals surface area (Å²) in [5.74, 6) is -0.0415. The first-order valence-corrected chi connectivity index (χ1v) is 8.10. The predicted octanol–water partition coefficient (Wildman–Crippen LogP) is 1.09. The summed E-state index contributed by atoms with van der Waals surface area (Å²) in [5, 5.41) is 14.0. The SMILES string of the molecule is Cn1cc(N2CCN(c3cccc(O)c3)C(CCC(N)=O)C2)cn1. The van der Waals surface area contributed by atoms with Gasteiger partial charge in [0.2, 0.25) is 5.91 Å². The molecule has 2 heterocycles. The van der Waals surface area contributed by atoms with Gasteiger partial charge in [-0.2, -0.15) is 5.10 Å². The minimum Gasteiger partial charge on any atom is -0.508 e. The number of aromatic hydroxyl groups is 1. The number of piperazine rings is 1. The monoisotopic (exact) mass is 329 g/mol. The average molecular weight is 329 g/mol. The molecule has 0 bridgehead atoms. The third-order valence-corrected chi connectivity index (χ3v) is 4.42. The molecule has 1 fully saturated rings. The van der Waals surface area contributed by atoms with Crippen molar-refractivity contribution in [3.8, 4) is 5.75 Å². The number of phenols is 1. The van der Waals surface area contributed by atoms with Crippen LogP contribution in [-0.4, -0.2) is 46.5 Å². The van der Waals surface area contributed by atoms with E-state index in [-0.39, 0.29) is 17.7 Å². The van der Waals surface area contributed by atoms with Crippen molar-refractivity contribution in [3.05, 3.63) is 36.7 Å². The van der Waals surface area contributed by atoms with Gasteiger partial charge >= 0.3 is 0 Å². The second kappa shape index (κ2) is 6.82. The first-order chi connectivity index (χ1) is 11.5. The maximum absolute atomic E-state index is 11.2. The van der Waals surface area contributed by atoms with Crippen molar-refractivity contribution in [2.45, 2.75) is 18.9 Å². The second-order valence-electron chi connectivity index (χ2n) is 6.19. The van der Waals surface area contributed by atoms with Crippen LogP contribution < -0.4 is 15.5 Å². The Labute approximate surface area is 141 Å². The number of hydrogen-bond acceptors (Lipinski definition) is 5. The molecule has 1 atom stereocenters. The molecule has 24 heavy (non-hydrogen) atoms. The van der Waals surface area contributed by atoms with E-state index in [1.807, 2.05) is 31.6 Å². The first kappa shape index (κ1) is 16.2. The summed E-state index contributed by atoms with van der Waals surface area (Å²) in [6, 6.07) is 7.39. The van der Waals surface area contributed by atoms with Crippen LogP contribution in [-0.2, 0) is 11.8 Å². The molecule has 0 radical (unpaired) electrons. The first-order valence-electron chi connectivity index (χ1n) is 8.10. The number of benzene rings is 1. The van der Waals surface area contributed by atoms with Gasteiger partial charge in [-0.1, -0.05) is 6.07 Å². The van der Waals surface area contributed by atoms with E-state index >= 15 is 0 Å². The summed E-state index contributed by atoms with van der Waals surface area (Å²) in [7, 11) is 1.90. The van der Waals surface area contributed by atoms with Crippen molar-refractivity contribution in [1.29, 1.82) is 0 Å². The molecule has 128 valence electrons. The Hall–Kier alpha value is -2.70. The van der Waals surface area contributed by atoms with Gasteiger partial charge in [0, 0.05) is 57.1 Å². The number of carbonyl (C=O) groups excluding carboxylic acids is 1. The topological polar surface area (TPSA) is 87.6 Å². The third-order valence-electron chi connectivity index (χ3n) is 4.42. The largest absolute Gasteiger partial charge is 0.508 e. The fraction of sp³-hybridized carbons (Fsp3) is 0.412. The van der Waals surface area contributed by atoms with E-state index in [1.165, 1.54) is 0 Å². The van der Waals surface area contributed by atoms with E-state index in [1.54, 1.807) is 16.8 Å². The van der Waals surface area contributed by atoms with Crippen LogP contribution in [0.25, 0.3) is 0 Å². The Morgan fingerprint density at radius 1 is 1.38 bits per heavy atom. The molecule has 1 aliphatic rings. The number of anilines is 2. The fourth-order valence-electron chi connectivity index (χ4n) is 3.23. The molecule has 2 aromatic rings. The van der Waals surface area contributed by atoms with Gasteiger partial charge in [0.25, 0.3) is 0 Å². The molecule has 1 saturated heterocycles. The lowest BCUT2D eigenvalue weighted by Crippen LogP contribution is -2.53. The van der Waals surface area contributed by atoms with Crippen LogP contribution in [0.3, 0.4) is 0 Å². The van der Waals surface area contributed by atoms with Crippen LogP contribution in [0.15, 0.2) is 36.7 Å². The number of nitrogens with zero attached hydrogens (tertiary/aromatic N) is 4. The standard InChI is InChI=1S/C17H23N5O2/c1-20-11-15(10-19-20)21-7-8-22(13-3-2-4-16(23)9-13)14(12-21)5-6-17(18)24/h2-4,9-11,14,23H,5-8,12H2,1H3,(H2,18,24). The van der Waals surface area contributed by atoms with E-state index in [0.717, 1.165) is 31.0 Å². The zero-order chi connectivity index (χ0) is 17.1. The van der Waals surface area contributed by atoms with Crippen molar-refractivity contribution < 1.29 is 9.90 Å². The van der Waals surface area contributed by atoms with Crippen LogP contribution in [0.5, 0.6) is 5.75 Å². The van der Waals surface area contributed by atoms with Gasteiger partial charge in [-0.15, -0.1) is 0 Å². The van der Waals surface area contributed by atoms with Crippen LogP contribution in [0.2, 0.25) is 0 Å². The zero-order valence-electron chi connectivity index (χ0n) is 13.8. The minimum absolute atomic E-state index is 0.147. The van der Waals surface area contributed by atoms with Gasteiger partial charge in [-0.25, -0.2) is 0 Å². The molecule has 1 aromatic heterocycles. The highest BCUT2D eigenvalue weighted by molar-refractivity contribution is 5.73. The summed E-state index contributed by atoms with van der Waals surface area (Å²) in [5.41, 5.74) is 7.39. The van der Waals surface area contributed by atoms with Crippen molar-refractivity contribution in [3.63, 3.8) is 0 Å². The zero-order valence-corrected chi connectivity index (χ0v) is 13.8. The number of aromatic nitrogens is 2. The predicted molar refractivity (Wildman–Crippen MR) is 93.1 cm³/mol. The highest BCUT2D eigenvalue weighted by Gasteiger charge is 2.28. The summed E-state index contributed by atoms with van der Waals surface area (Å²) in [4.78, 5) is 15.8. The van der Waals surface area contributed by atoms with E-state index in [4.69, 9.17) is 5.73 Å². The number of amides is 1.